The summed E-state index contributed by atoms with van der Waals surface area (Å²) in [4.78, 5) is 14.4. The zero-order chi connectivity index (χ0) is 16.1. The molecule has 6 heteroatoms. The molecule has 124 valence electrons. The van der Waals surface area contributed by atoms with E-state index in [1.165, 1.54) is 0 Å². The first-order valence-corrected chi connectivity index (χ1v) is 8.12. The average molecular weight is 309 g/mol. The van der Waals surface area contributed by atoms with Gasteiger partial charge in [-0.05, 0) is 40.2 Å². The zero-order valence-corrected chi connectivity index (χ0v) is 13.8. The van der Waals surface area contributed by atoms with Gasteiger partial charge in [0.25, 0.3) is 0 Å². The van der Waals surface area contributed by atoms with Crippen LogP contribution in [0.1, 0.15) is 43.1 Å². The first-order chi connectivity index (χ1) is 10.6. The molecule has 1 atom stereocenters. The summed E-state index contributed by atoms with van der Waals surface area (Å²) in [6, 6.07) is -0.145. The van der Waals surface area contributed by atoms with Gasteiger partial charge in [0.15, 0.2) is 0 Å². The number of nitrogens with zero attached hydrogens (tertiary/aromatic N) is 3. The predicted molar refractivity (Wildman–Crippen MR) is 83.5 cm³/mol. The van der Waals surface area contributed by atoms with Crippen molar-refractivity contribution in [3.05, 3.63) is 17.0 Å². The minimum atomic E-state index is -0.145. The lowest BCUT2D eigenvalue weighted by molar-refractivity contribution is -0.151. The van der Waals surface area contributed by atoms with Gasteiger partial charge in [-0.3, -0.25) is 14.4 Å². The fraction of sp³-hybridized carbons (Fsp3) is 0.750. The van der Waals surface area contributed by atoms with Crippen LogP contribution in [0, 0.1) is 13.8 Å². The summed E-state index contributed by atoms with van der Waals surface area (Å²) in [6.07, 6.45) is 3.04. The van der Waals surface area contributed by atoms with Gasteiger partial charge in [0.1, 0.15) is 6.04 Å². The van der Waals surface area contributed by atoms with Gasteiger partial charge >= 0.3 is 5.97 Å². The number of carbonyl (C=O) groups excluding carboxylic acids is 1. The standard InChI is InChI=1S/C16H27N3O3/c1-4-22-16(21)15-7-5-6-8-18(15)11-14-12(2)17-19(9-10-20)13(14)3/h15,20H,4-11H2,1-3H3. The second-order valence-electron chi connectivity index (χ2n) is 5.83. The Morgan fingerprint density at radius 1 is 1.41 bits per heavy atom. The van der Waals surface area contributed by atoms with Crippen molar-refractivity contribution in [3.63, 3.8) is 0 Å². The zero-order valence-electron chi connectivity index (χ0n) is 13.8. The van der Waals surface area contributed by atoms with Gasteiger partial charge in [-0.2, -0.15) is 5.10 Å². The summed E-state index contributed by atoms with van der Waals surface area (Å²) in [5.74, 6) is -0.111. The third kappa shape index (κ3) is 3.67. The van der Waals surface area contributed by atoms with Gasteiger partial charge in [0.05, 0.1) is 25.5 Å². The van der Waals surface area contributed by atoms with E-state index in [4.69, 9.17) is 9.84 Å². The molecule has 1 unspecified atom stereocenters. The van der Waals surface area contributed by atoms with Crippen molar-refractivity contribution in [1.82, 2.24) is 14.7 Å². The monoisotopic (exact) mass is 309 g/mol. The van der Waals surface area contributed by atoms with Crippen molar-refractivity contribution in [2.45, 2.75) is 59.2 Å². The van der Waals surface area contributed by atoms with E-state index in [1.807, 2.05) is 25.5 Å². The number of aliphatic hydroxyl groups is 1. The van der Waals surface area contributed by atoms with Crippen molar-refractivity contribution in [3.8, 4) is 0 Å². The third-order valence-corrected chi connectivity index (χ3v) is 4.38. The topological polar surface area (TPSA) is 67.6 Å². The molecule has 0 aromatic carbocycles. The summed E-state index contributed by atoms with van der Waals surface area (Å²) in [6.45, 7) is 8.49. The first-order valence-electron chi connectivity index (χ1n) is 8.12. The van der Waals surface area contributed by atoms with E-state index in [0.29, 0.717) is 19.7 Å². The van der Waals surface area contributed by atoms with E-state index in [0.717, 1.165) is 42.8 Å². The fourth-order valence-electron chi connectivity index (χ4n) is 3.16. The van der Waals surface area contributed by atoms with E-state index in [2.05, 4.69) is 10.00 Å². The predicted octanol–water partition coefficient (Wildman–Crippen LogP) is 1.41. The van der Waals surface area contributed by atoms with E-state index < -0.39 is 0 Å². The summed E-state index contributed by atoms with van der Waals surface area (Å²) >= 11 is 0. The van der Waals surface area contributed by atoms with Crippen molar-refractivity contribution in [2.24, 2.45) is 0 Å². The molecule has 1 aromatic rings. The van der Waals surface area contributed by atoms with Crippen LogP contribution in [-0.4, -0.2) is 51.6 Å². The molecule has 1 fully saturated rings. The normalized spacial score (nSPS) is 19.4. The Balaban J connectivity index is 2.15. The SMILES string of the molecule is CCOC(=O)C1CCCCN1Cc1c(C)nn(CCO)c1C. The van der Waals surface area contributed by atoms with Crippen LogP contribution in [-0.2, 0) is 22.6 Å². The molecule has 0 aliphatic carbocycles. The molecule has 22 heavy (non-hydrogen) atoms. The number of likely N-dealkylation sites (tertiary alicyclic amines) is 1. The van der Waals surface area contributed by atoms with Gasteiger partial charge in [-0.25, -0.2) is 0 Å². The highest BCUT2D eigenvalue weighted by molar-refractivity contribution is 5.75. The lowest BCUT2D eigenvalue weighted by Crippen LogP contribution is -2.45. The van der Waals surface area contributed by atoms with Crippen LogP contribution in [0.25, 0.3) is 0 Å². The van der Waals surface area contributed by atoms with Gasteiger partial charge in [0.2, 0.25) is 0 Å². The summed E-state index contributed by atoms with van der Waals surface area (Å²) in [5, 5.41) is 13.6. The van der Waals surface area contributed by atoms with Gasteiger partial charge in [0, 0.05) is 17.8 Å². The molecule has 0 spiro atoms. The minimum absolute atomic E-state index is 0.0799. The van der Waals surface area contributed by atoms with Crippen molar-refractivity contribution in [2.75, 3.05) is 19.8 Å². The number of hydrogen-bond donors (Lipinski definition) is 1. The molecule has 2 heterocycles. The van der Waals surface area contributed by atoms with Crippen LogP contribution >= 0.6 is 0 Å². The number of piperidine rings is 1. The number of aryl methyl sites for hydroxylation is 1. The summed E-state index contributed by atoms with van der Waals surface area (Å²) in [7, 11) is 0. The molecule has 2 rings (SSSR count). The van der Waals surface area contributed by atoms with Gasteiger partial charge in [-0.1, -0.05) is 6.42 Å². The molecule has 6 nitrogen and oxygen atoms in total. The second kappa shape index (κ2) is 7.74. The lowest BCUT2D eigenvalue weighted by Gasteiger charge is -2.34. The number of rotatable bonds is 6. The highest BCUT2D eigenvalue weighted by atomic mass is 16.5. The van der Waals surface area contributed by atoms with Crippen molar-refractivity contribution >= 4 is 5.97 Å². The Hall–Kier alpha value is -1.40. The number of hydrogen-bond acceptors (Lipinski definition) is 5. The maximum Gasteiger partial charge on any atom is 0.323 e. The summed E-state index contributed by atoms with van der Waals surface area (Å²) < 4.78 is 7.06. The Morgan fingerprint density at radius 3 is 2.86 bits per heavy atom. The number of esters is 1. The Labute approximate surface area is 132 Å². The second-order valence-corrected chi connectivity index (χ2v) is 5.83. The van der Waals surface area contributed by atoms with Crippen LogP contribution in [0.2, 0.25) is 0 Å². The molecule has 1 N–H and O–H groups in total. The van der Waals surface area contributed by atoms with E-state index in [-0.39, 0.29) is 18.6 Å². The number of carbonyl (C=O) groups is 1. The van der Waals surface area contributed by atoms with Crippen LogP contribution in [0.4, 0.5) is 0 Å². The largest absolute Gasteiger partial charge is 0.465 e. The van der Waals surface area contributed by atoms with E-state index >= 15 is 0 Å². The molecule has 0 bridgehead atoms. The fourth-order valence-corrected chi connectivity index (χ4v) is 3.16. The van der Waals surface area contributed by atoms with E-state index in [9.17, 15) is 4.79 Å². The Kier molecular flexibility index (Phi) is 5.97. The Morgan fingerprint density at radius 2 is 2.18 bits per heavy atom. The third-order valence-electron chi connectivity index (χ3n) is 4.38. The molecule has 0 amide bonds. The molecule has 0 radical (unpaired) electrons. The van der Waals surface area contributed by atoms with Crippen LogP contribution < -0.4 is 0 Å². The molecular weight excluding hydrogens is 282 g/mol. The summed E-state index contributed by atoms with van der Waals surface area (Å²) in [5.41, 5.74) is 3.20. The highest BCUT2D eigenvalue weighted by Gasteiger charge is 2.30. The minimum Gasteiger partial charge on any atom is -0.465 e. The molecular formula is C16H27N3O3. The first kappa shape index (κ1) is 17.0. The number of ether oxygens (including phenoxy) is 1. The van der Waals surface area contributed by atoms with Crippen LogP contribution in [0.15, 0.2) is 0 Å². The number of aromatic nitrogens is 2. The van der Waals surface area contributed by atoms with Gasteiger partial charge in [-0.15, -0.1) is 0 Å². The van der Waals surface area contributed by atoms with Crippen LogP contribution in [0.3, 0.4) is 0 Å². The molecule has 1 saturated heterocycles. The van der Waals surface area contributed by atoms with E-state index in [1.54, 1.807) is 0 Å². The Bertz CT molecular complexity index is 513. The van der Waals surface area contributed by atoms with Crippen LogP contribution in [0.5, 0.6) is 0 Å². The average Bonchev–Trinajstić information content (AvgIpc) is 2.76. The highest BCUT2D eigenvalue weighted by Crippen LogP contribution is 2.23. The molecule has 0 saturated carbocycles. The molecule has 1 aliphatic heterocycles. The maximum atomic E-state index is 12.2. The number of aliphatic hydroxyl groups excluding tert-OH is 1. The van der Waals surface area contributed by atoms with Crippen molar-refractivity contribution in [1.29, 1.82) is 0 Å². The van der Waals surface area contributed by atoms with Gasteiger partial charge < -0.3 is 9.84 Å². The smallest absolute Gasteiger partial charge is 0.323 e. The lowest BCUT2D eigenvalue weighted by atomic mass is 10.0. The van der Waals surface area contributed by atoms with Crippen molar-refractivity contribution < 1.29 is 14.6 Å². The quantitative estimate of drug-likeness (QED) is 0.805. The molecule has 1 aliphatic rings. The maximum absolute atomic E-state index is 12.2. The molecule has 1 aromatic heterocycles.